The molecule has 1 heterocycles. The first kappa shape index (κ1) is 15.2. The summed E-state index contributed by atoms with van der Waals surface area (Å²) in [7, 11) is 0. The number of nitrogens with one attached hydrogen (secondary N) is 1. The number of para-hydroxylation sites is 1. The quantitative estimate of drug-likeness (QED) is 0.428. The maximum absolute atomic E-state index is 13.3. The number of rotatable bonds is 3. The topological polar surface area (TPSA) is 15.8 Å². The van der Waals surface area contributed by atoms with Gasteiger partial charge in [0.15, 0.2) is 0 Å². The van der Waals surface area contributed by atoms with Crippen LogP contribution in [0, 0.1) is 5.82 Å². The van der Waals surface area contributed by atoms with E-state index >= 15 is 0 Å². The lowest BCUT2D eigenvalue weighted by atomic mass is 9.98. The molecular weight excluding hydrogens is 365 g/mol. The van der Waals surface area contributed by atoms with Gasteiger partial charge in [0.05, 0.1) is 5.69 Å². The van der Waals surface area contributed by atoms with Crippen molar-refractivity contribution >= 4 is 26.8 Å². The summed E-state index contributed by atoms with van der Waals surface area (Å²) in [6, 6.07) is 23.3. The Morgan fingerprint density at radius 3 is 2.29 bits per heavy atom. The number of hydrogen-bond donors (Lipinski definition) is 1. The van der Waals surface area contributed by atoms with Crippen molar-refractivity contribution in [3.05, 3.63) is 94.2 Å². The fourth-order valence-corrected chi connectivity index (χ4v) is 3.32. The molecule has 3 aromatic carbocycles. The zero-order valence-electron chi connectivity index (χ0n) is 12.9. The van der Waals surface area contributed by atoms with Crippen LogP contribution in [0.3, 0.4) is 0 Å². The van der Waals surface area contributed by atoms with Gasteiger partial charge in [-0.1, -0.05) is 46.3 Å². The Morgan fingerprint density at radius 2 is 1.54 bits per heavy atom. The van der Waals surface area contributed by atoms with E-state index in [1.54, 1.807) is 0 Å². The van der Waals surface area contributed by atoms with Gasteiger partial charge in [-0.2, -0.15) is 0 Å². The first-order chi connectivity index (χ1) is 11.7. The third kappa shape index (κ3) is 2.87. The van der Waals surface area contributed by atoms with Crippen LogP contribution in [0.25, 0.3) is 22.2 Å². The highest BCUT2D eigenvalue weighted by Crippen LogP contribution is 2.32. The van der Waals surface area contributed by atoms with Crippen LogP contribution in [-0.2, 0) is 6.42 Å². The molecule has 0 atom stereocenters. The lowest BCUT2D eigenvalue weighted by Gasteiger charge is -2.06. The monoisotopic (exact) mass is 379 g/mol. The van der Waals surface area contributed by atoms with Gasteiger partial charge in [0.1, 0.15) is 5.82 Å². The van der Waals surface area contributed by atoms with Crippen molar-refractivity contribution in [3.8, 4) is 11.3 Å². The number of fused-ring (bicyclic) bond motifs is 1. The molecule has 4 aromatic rings. The van der Waals surface area contributed by atoms with E-state index in [-0.39, 0.29) is 5.82 Å². The second-order valence-corrected chi connectivity index (χ2v) is 6.75. The van der Waals surface area contributed by atoms with Gasteiger partial charge in [-0.05, 0) is 59.2 Å². The lowest BCUT2D eigenvalue weighted by molar-refractivity contribution is 0.628. The minimum absolute atomic E-state index is 0.218. The van der Waals surface area contributed by atoms with E-state index in [1.807, 2.05) is 18.2 Å². The highest BCUT2D eigenvalue weighted by molar-refractivity contribution is 9.10. The minimum atomic E-state index is -0.218. The Balaban J connectivity index is 1.86. The van der Waals surface area contributed by atoms with Crippen molar-refractivity contribution in [1.29, 1.82) is 0 Å². The summed E-state index contributed by atoms with van der Waals surface area (Å²) in [5.41, 5.74) is 5.63. The fourth-order valence-electron chi connectivity index (χ4n) is 3.05. The van der Waals surface area contributed by atoms with Gasteiger partial charge in [0.25, 0.3) is 0 Å². The SMILES string of the molecule is Fc1ccc(-c2[nH]c3ccccc3c2Cc2ccc(Br)cc2)cc1. The number of benzene rings is 3. The summed E-state index contributed by atoms with van der Waals surface area (Å²) >= 11 is 3.48. The number of hydrogen-bond acceptors (Lipinski definition) is 0. The van der Waals surface area contributed by atoms with Crippen LogP contribution in [0.1, 0.15) is 11.1 Å². The van der Waals surface area contributed by atoms with E-state index in [9.17, 15) is 4.39 Å². The van der Waals surface area contributed by atoms with Crippen LogP contribution in [0.15, 0.2) is 77.3 Å². The van der Waals surface area contributed by atoms with Crippen LogP contribution in [0.4, 0.5) is 4.39 Å². The smallest absolute Gasteiger partial charge is 0.123 e. The standard InChI is InChI=1S/C21H15BrFN/c22-16-9-5-14(6-10-16)13-19-18-3-1-2-4-20(18)24-21(19)15-7-11-17(23)12-8-15/h1-12,24H,13H2. The fraction of sp³-hybridized carbons (Fsp3) is 0.0476. The predicted molar refractivity (Wildman–Crippen MR) is 101 cm³/mol. The molecule has 1 N–H and O–H groups in total. The van der Waals surface area contributed by atoms with Gasteiger partial charge in [-0.25, -0.2) is 4.39 Å². The molecule has 0 aliphatic rings. The van der Waals surface area contributed by atoms with Crippen molar-refractivity contribution in [3.63, 3.8) is 0 Å². The van der Waals surface area contributed by atoms with E-state index in [4.69, 9.17) is 0 Å². The van der Waals surface area contributed by atoms with Gasteiger partial charge >= 0.3 is 0 Å². The van der Waals surface area contributed by atoms with Gasteiger partial charge in [0, 0.05) is 21.8 Å². The number of aromatic nitrogens is 1. The number of aromatic amines is 1. The highest BCUT2D eigenvalue weighted by atomic mass is 79.9. The zero-order chi connectivity index (χ0) is 16.5. The molecule has 0 aliphatic carbocycles. The molecule has 0 saturated carbocycles. The Morgan fingerprint density at radius 1 is 0.833 bits per heavy atom. The second kappa shape index (κ2) is 6.25. The molecule has 0 amide bonds. The maximum atomic E-state index is 13.3. The lowest BCUT2D eigenvalue weighted by Crippen LogP contribution is -1.91. The number of H-pyrrole nitrogens is 1. The van der Waals surface area contributed by atoms with Gasteiger partial charge in [-0.3, -0.25) is 0 Å². The average molecular weight is 380 g/mol. The molecular formula is C21H15BrFN. The first-order valence-corrected chi connectivity index (χ1v) is 8.60. The van der Waals surface area contributed by atoms with Crippen LogP contribution < -0.4 is 0 Å². The summed E-state index contributed by atoms with van der Waals surface area (Å²) in [6.45, 7) is 0. The predicted octanol–water partition coefficient (Wildman–Crippen LogP) is 6.33. The molecule has 1 nitrogen and oxygen atoms in total. The summed E-state index contributed by atoms with van der Waals surface area (Å²) in [6.07, 6.45) is 0.823. The van der Waals surface area contributed by atoms with Crippen molar-refractivity contribution in [1.82, 2.24) is 4.98 Å². The maximum Gasteiger partial charge on any atom is 0.123 e. The molecule has 0 saturated heterocycles. The van der Waals surface area contributed by atoms with Crippen molar-refractivity contribution in [2.75, 3.05) is 0 Å². The van der Waals surface area contributed by atoms with E-state index in [0.29, 0.717) is 0 Å². The molecule has 0 radical (unpaired) electrons. The van der Waals surface area contributed by atoms with Gasteiger partial charge < -0.3 is 4.98 Å². The summed E-state index contributed by atoms with van der Waals surface area (Å²) in [4.78, 5) is 3.50. The molecule has 0 aliphatic heterocycles. The van der Waals surface area contributed by atoms with Crippen molar-refractivity contribution < 1.29 is 4.39 Å². The van der Waals surface area contributed by atoms with Crippen molar-refractivity contribution in [2.24, 2.45) is 0 Å². The third-order valence-electron chi connectivity index (χ3n) is 4.24. The van der Waals surface area contributed by atoms with Crippen LogP contribution >= 0.6 is 15.9 Å². The Hall–Kier alpha value is -2.39. The Labute approximate surface area is 148 Å². The molecule has 118 valence electrons. The molecule has 0 unspecified atom stereocenters. The van der Waals surface area contributed by atoms with Crippen LogP contribution in [-0.4, -0.2) is 4.98 Å². The Bertz CT molecular complexity index is 985. The molecule has 24 heavy (non-hydrogen) atoms. The zero-order valence-corrected chi connectivity index (χ0v) is 14.5. The van der Waals surface area contributed by atoms with Gasteiger partial charge in [-0.15, -0.1) is 0 Å². The molecule has 4 rings (SSSR count). The highest BCUT2D eigenvalue weighted by Gasteiger charge is 2.13. The van der Waals surface area contributed by atoms with E-state index in [0.717, 1.165) is 27.7 Å². The van der Waals surface area contributed by atoms with E-state index in [1.165, 1.54) is 28.6 Å². The average Bonchev–Trinajstić information content (AvgIpc) is 2.96. The molecule has 1 aromatic heterocycles. The van der Waals surface area contributed by atoms with Crippen LogP contribution in [0.5, 0.6) is 0 Å². The third-order valence-corrected chi connectivity index (χ3v) is 4.77. The molecule has 3 heteroatoms. The first-order valence-electron chi connectivity index (χ1n) is 7.81. The van der Waals surface area contributed by atoms with E-state index < -0.39 is 0 Å². The van der Waals surface area contributed by atoms with Crippen molar-refractivity contribution in [2.45, 2.75) is 6.42 Å². The number of halogens is 2. The van der Waals surface area contributed by atoms with Crippen LogP contribution in [0.2, 0.25) is 0 Å². The molecule has 0 fully saturated rings. The largest absolute Gasteiger partial charge is 0.354 e. The molecule has 0 spiro atoms. The van der Waals surface area contributed by atoms with Gasteiger partial charge in [0.2, 0.25) is 0 Å². The summed E-state index contributed by atoms with van der Waals surface area (Å²) in [5.74, 6) is -0.218. The summed E-state index contributed by atoms with van der Waals surface area (Å²) in [5, 5.41) is 1.21. The Kier molecular flexibility index (Phi) is 3.95. The van der Waals surface area contributed by atoms with E-state index in [2.05, 4.69) is 63.4 Å². The normalized spacial score (nSPS) is 11.1. The second-order valence-electron chi connectivity index (χ2n) is 5.83. The summed E-state index contributed by atoms with van der Waals surface area (Å²) < 4.78 is 14.4. The molecule has 0 bridgehead atoms. The minimum Gasteiger partial charge on any atom is -0.354 e.